The molecule has 1 aromatic heterocycles. The number of β-amino-alcohol motifs (C(OH)–C–C–N with tert-alkyl or cyclic N) is 1. The van der Waals surface area contributed by atoms with Gasteiger partial charge >= 0.3 is 0 Å². The second-order valence-electron chi connectivity index (χ2n) is 3.96. The van der Waals surface area contributed by atoms with E-state index in [9.17, 15) is 5.11 Å². The van der Waals surface area contributed by atoms with Crippen molar-refractivity contribution in [3.63, 3.8) is 0 Å². The number of aliphatic hydroxyl groups excluding tert-OH is 1. The van der Waals surface area contributed by atoms with Gasteiger partial charge in [-0.25, -0.2) is 4.98 Å². The number of nitrogen functional groups attached to an aromatic ring is 1. The molecular weight excluding hydrogens is 210 g/mol. The summed E-state index contributed by atoms with van der Waals surface area (Å²) in [7, 11) is 0. The van der Waals surface area contributed by atoms with Crippen LogP contribution in [0.5, 0.6) is 0 Å². The zero-order chi connectivity index (χ0) is 10.8. The average Bonchev–Trinajstić information content (AvgIpc) is 2.78. The minimum atomic E-state index is -0.163. The largest absolute Gasteiger partial charge is 0.392 e. The van der Waals surface area contributed by atoms with Crippen LogP contribution in [0.3, 0.4) is 0 Å². The number of aliphatic hydroxyl groups is 1. The zero-order valence-corrected chi connectivity index (χ0v) is 9.70. The van der Waals surface area contributed by atoms with Crippen LogP contribution in [0.15, 0.2) is 6.20 Å². The standard InChI is InChI=1S/C10H17N3OS/c1-2-8(9-5-12-10(11)15-9)13-4-3-7(14)6-13/h5,7-8,14H,2-4,6H2,1H3,(H2,11,12)/t7-,8?/m1/s1. The van der Waals surface area contributed by atoms with Crippen LogP contribution in [0, 0.1) is 0 Å². The van der Waals surface area contributed by atoms with Crippen molar-refractivity contribution in [1.82, 2.24) is 9.88 Å². The lowest BCUT2D eigenvalue weighted by molar-refractivity contribution is 0.158. The smallest absolute Gasteiger partial charge is 0.180 e. The molecule has 1 fully saturated rings. The van der Waals surface area contributed by atoms with E-state index in [1.165, 1.54) is 4.88 Å². The lowest BCUT2D eigenvalue weighted by Crippen LogP contribution is -2.26. The third-order valence-electron chi connectivity index (χ3n) is 2.89. The van der Waals surface area contributed by atoms with Crippen molar-refractivity contribution in [3.05, 3.63) is 11.1 Å². The molecule has 0 amide bonds. The normalized spacial score (nSPS) is 24.5. The van der Waals surface area contributed by atoms with Gasteiger partial charge in [-0.15, -0.1) is 11.3 Å². The van der Waals surface area contributed by atoms with Gasteiger partial charge in [0, 0.05) is 30.2 Å². The third kappa shape index (κ3) is 2.30. The quantitative estimate of drug-likeness (QED) is 0.815. The molecule has 3 N–H and O–H groups in total. The van der Waals surface area contributed by atoms with Gasteiger partial charge in [0.15, 0.2) is 5.13 Å². The Labute approximate surface area is 93.7 Å². The fourth-order valence-electron chi connectivity index (χ4n) is 2.15. The highest BCUT2D eigenvalue weighted by molar-refractivity contribution is 7.15. The first-order valence-electron chi connectivity index (χ1n) is 5.34. The molecule has 2 rings (SSSR count). The first kappa shape index (κ1) is 10.9. The van der Waals surface area contributed by atoms with Gasteiger partial charge in [0.1, 0.15) is 0 Å². The van der Waals surface area contributed by atoms with Gasteiger partial charge < -0.3 is 10.8 Å². The maximum atomic E-state index is 9.52. The summed E-state index contributed by atoms with van der Waals surface area (Å²) in [5, 5.41) is 10.1. The Balaban J connectivity index is 2.10. The minimum Gasteiger partial charge on any atom is -0.392 e. The molecule has 5 heteroatoms. The lowest BCUT2D eigenvalue weighted by Gasteiger charge is -2.24. The second-order valence-corrected chi connectivity index (χ2v) is 5.06. The Kier molecular flexibility index (Phi) is 3.23. The lowest BCUT2D eigenvalue weighted by atomic mass is 10.2. The molecule has 0 aliphatic carbocycles. The van der Waals surface area contributed by atoms with Crippen molar-refractivity contribution in [2.75, 3.05) is 18.8 Å². The van der Waals surface area contributed by atoms with Crippen molar-refractivity contribution < 1.29 is 5.11 Å². The van der Waals surface area contributed by atoms with E-state index in [0.29, 0.717) is 11.2 Å². The van der Waals surface area contributed by atoms with Gasteiger partial charge in [-0.3, -0.25) is 4.90 Å². The molecule has 1 aliphatic rings. The highest BCUT2D eigenvalue weighted by Crippen LogP contribution is 2.32. The van der Waals surface area contributed by atoms with Gasteiger partial charge in [-0.2, -0.15) is 0 Å². The van der Waals surface area contributed by atoms with Crippen molar-refractivity contribution in [1.29, 1.82) is 0 Å². The topological polar surface area (TPSA) is 62.4 Å². The molecule has 0 bridgehead atoms. The van der Waals surface area contributed by atoms with E-state index in [2.05, 4.69) is 16.8 Å². The molecule has 2 heterocycles. The molecule has 2 atom stereocenters. The molecular formula is C10H17N3OS. The third-order valence-corrected chi connectivity index (χ3v) is 3.82. The van der Waals surface area contributed by atoms with Gasteiger partial charge in [0.2, 0.25) is 0 Å². The van der Waals surface area contributed by atoms with Crippen LogP contribution >= 0.6 is 11.3 Å². The summed E-state index contributed by atoms with van der Waals surface area (Å²) in [6, 6.07) is 0.372. The highest BCUT2D eigenvalue weighted by Gasteiger charge is 2.27. The minimum absolute atomic E-state index is 0.163. The molecule has 1 aliphatic heterocycles. The molecule has 15 heavy (non-hydrogen) atoms. The van der Waals surface area contributed by atoms with Crippen molar-refractivity contribution in [2.45, 2.75) is 31.9 Å². The predicted octanol–water partition coefficient (Wildman–Crippen LogP) is 1.24. The Bertz CT molecular complexity index is 328. The molecule has 84 valence electrons. The summed E-state index contributed by atoms with van der Waals surface area (Å²) >= 11 is 1.55. The van der Waals surface area contributed by atoms with Gasteiger partial charge in [-0.1, -0.05) is 6.92 Å². The summed E-state index contributed by atoms with van der Waals surface area (Å²) in [6.45, 7) is 3.90. The van der Waals surface area contributed by atoms with Crippen LogP contribution in [-0.2, 0) is 0 Å². The van der Waals surface area contributed by atoms with Crippen LogP contribution < -0.4 is 5.73 Å². The number of likely N-dealkylation sites (tertiary alicyclic amines) is 1. The fourth-order valence-corrected chi connectivity index (χ4v) is 3.05. The van der Waals surface area contributed by atoms with E-state index in [1.54, 1.807) is 11.3 Å². The van der Waals surface area contributed by atoms with Gasteiger partial charge in [0.25, 0.3) is 0 Å². The first-order valence-corrected chi connectivity index (χ1v) is 6.15. The highest BCUT2D eigenvalue weighted by atomic mass is 32.1. The molecule has 1 aromatic rings. The molecule has 0 saturated carbocycles. The maximum Gasteiger partial charge on any atom is 0.180 e. The number of rotatable bonds is 3. The van der Waals surface area contributed by atoms with Crippen LogP contribution in [-0.4, -0.2) is 34.2 Å². The Morgan fingerprint density at radius 1 is 1.80 bits per heavy atom. The zero-order valence-electron chi connectivity index (χ0n) is 8.89. The SMILES string of the molecule is CCC(c1cnc(N)s1)N1CC[C@@H](O)C1. The molecule has 0 radical (unpaired) electrons. The van der Waals surface area contributed by atoms with Crippen LogP contribution in [0.4, 0.5) is 5.13 Å². The van der Waals surface area contributed by atoms with Crippen LogP contribution in [0.2, 0.25) is 0 Å². The second kappa shape index (κ2) is 4.47. The first-order chi connectivity index (χ1) is 7.20. The molecule has 0 spiro atoms. The van der Waals surface area contributed by atoms with E-state index >= 15 is 0 Å². The van der Waals surface area contributed by atoms with Crippen molar-refractivity contribution >= 4 is 16.5 Å². The summed E-state index contributed by atoms with van der Waals surface area (Å²) in [5.41, 5.74) is 5.64. The Morgan fingerprint density at radius 2 is 2.60 bits per heavy atom. The summed E-state index contributed by atoms with van der Waals surface area (Å²) in [6.07, 6.45) is 3.61. The molecule has 1 saturated heterocycles. The van der Waals surface area contributed by atoms with E-state index in [0.717, 1.165) is 25.9 Å². The van der Waals surface area contributed by atoms with Crippen LogP contribution in [0.25, 0.3) is 0 Å². The van der Waals surface area contributed by atoms with E-state index < -0.39 is 0 Å². The molecule has 1 unspecified atom stereocenters. The molecule has 4 nitrogen and oxygen atoms in total. The van der Waals surface area contributed by atoms with E-state index in [-0.39, 0.29) is 6.10 Å². The summed E-state index contributed by atoms with van der Waals surface area (Å²) in [4.78, 5) is 7.61. The molecule has 0 aromatic carbocycles. The number of anilines is 1. The number of nitrogens with zero attached hydrogens (tertiary/aromatic N) is 2. The van der Waals surface area contributed by atoms with Gasteiger partial charge in [-0.05, 0) is 12.8 Å². The Morgan fingerprint density at radius 3 is 3.07 bits per heavy atom. The van der Waals surface area contributed by atoms with E-state index in [1.807, 2.05) is 6.20 Å². The van der Waals surface area contributed by atoms with E-state index in [4.69, 9.17) is 5.73 Å². The number of hydrogen-bond donors (Lipinski definition) is 2. The summed E-state index contributed by atoms with van der Waals surface area (Å²) < 4.78 is 0. The number of thiazole rings is 1. The Hall–Kier alpha value is -0.650. The van der Waals surface area contributed by atoms with Crippen LogP contribution in [0.1, 0.15) is 30.7 Å². The number of aromatic nitrogens is 1. The van der Waals surface area contributed by atoms with Crippen molar-refractivity contribution in [2.24, 2.45) is 0 Å². The monoisotopic (exact) mass is 227 g/mol. The summed E-state index contributed by atoms with van der Waals surface area (Å²) in [5.74, 6) is 0. The average molecular weight is 227 g/mol. The van der Waals surface area contributed by atoms with Gasteiger partial charge in [0.05, 0.1) is 6.10 Å². The maximum absolute atomic E-state index is 9.52. The number of hydrogen-bond acceptors (Lipinski definition) is 5. The number of nitrogens with two attached hydrogens (primary N) is 1. The predicted molar refractivity (Wildman–Crippen MR) is 61.8 cm³/mol. The fraction of sp³-hybridized carbons (Fsp3) is 0.700. The van der Waals surface area contributed by atoms with Crippen molar-refractivity contribution in [3.8, 4) is 0 Å².